The van der Waals surface area contributed by atoms with Crippen molar-refractivity contribution in [3.05, 3.63) is 0 Å². The number of nitrogens with one attached hydrogen (secondary N) is 1. The van der Waals surface area contributed by atoms with Crippen LogP contribution < -0.4 is 5.32 Å². The molecule has 5 heteroatoms. The Hall–Kier alpha value is -0.650. The summed E-state index contributed by atoms with van der Waals surface area (Å²) in [6.45, 7) is 11.7. The number of nitrogens with zero attached hydrogens (tertiary/aromatic N) is 2. The molecule has 0 radical (unpaired) electrons. The number of carbonyl (C=O) groups excluding carboxylic acids is 1. The van der Waals surface area contributed by atoms with E-state index in [1.807, 2.05) is 6.92 Å². The number of piperazine rings is 1. The van der Waals surface area contributed by atoms with E-state index in [9.17, 15) is 4.79 Å². The average Bonchev–Trinajstić information content (AvgIpc) is 2.38. The minimum atomic E-state index is -0.0524. The molecule has 0 aliphatic carbocycles. The Kier molecular flexibility index (Phi) is 7.34. The lowest BCUT2D eigenvalue weighted by molar-refractivity contribution is -0.126. The van der Waals surface area contributed by atoms with Gasteiger partial charge in [-0.2, -0.15) is 0 Å². The van der Waals surface area contributed by atoms with Crippen LogP contribution in [0.15, 0.2) is 0 Å². The number of carbonyl (C=O) groups is 1. The maximum atomic E-state index is 12.0. The standard InChI is InChI=1S/C14H29N3O2/c1-12(2)4-5-15-14(19)13(3)17-8-6-16(7-9-17)10-11-18/h12-13,18H,4-11H2,1-3H3,(H,15,19). The van der Waals surface area contributed by atoms with Gasteiger partial charge < -0.3 is 10.4 Å². The topological polar surface area (TPSA) is 55.8 Å². The molecule has 1 heterocycles. The summed E-state index contributed by atoms with van der Waals surface area (Å²) in [7, 11) is 0. The number of aliphatic hydroxyl groups excluding tert-OH is 1. The predicted molar refractivity (Wildman–Crippen MR) is 77.0 cm³/mol. The summed E-state index contributed by atoms with van der Waals surface area (Å²) < 4.78 is 0. The van der Waals surface area contributed by atoms with Gasteiger partial charge in [0.25, 0.3) is 0 Å². The van der Waals surface area contributed by atoms with Gasteiger partial charge in [0.2, 0.25) is 5.91 Å². The van der Waals surface area contributed by atoms with Crippen LogP contribution in [0.25, 0.3) is 0 Å². The Morgan fingerprint density at radius 2 is 1.84 bits per heavy atom. The van der Waals surface area contributed by atoms with Gasteiger partial charge in [-0.15, -0.1) is 0 Å². The van der Waals surface area contributed by atoms with E-state index in [4.69, 9.17) is 5.11 Å². The van der Waals surface area contributed by atoms with Crippen molar-refractivity contribution in [2.45, 2.75) is 33.2 Å². The summed E-state index contributed by atoms with van der Waals surface area (Å²) in [5.74, 6) is 0.758. The Bertz CT molecular complexity index is 263. The van der Waals surface area contributed by atoms with Gasteiger partial charge in [0, 0.05) is 39.3 Å². The summed E-state index contributed by atoms with van der Waals surface area (Å²) >= 11 is 0. The summed E-state index contributed by atoms with van der Waals surface area (Å²) in [6, 6.07) is -0.0524. The second kappa shape index (κ2) is 8.51. The fraction of sp³-hybridized carbons (Fsp3) is 0.929. The van der Waals surface area contributed by atoms with Crippen LogP contribution in [-0.2, 0) is 4.79 Å². The molecule has 1 aliphatic heterocycles. The highest BCUT2D eigenvalue weighted by Crippen LogP contribution is 2.06. The van der Waals surface area contributed by atoms with Crippen LogP contribution in [0.1, 0.15) is 27.2 Å². The van der Waals surface area contributed by atoms with Crippen LogP contribution >= 0.6 is 0 Å². The summed E-state index contributed by atoms with van der Waals surface area (Å²) in [5, 5.41) is 11.9. The van der Waals surface area contributed by atoms with E-state index in [-0.39, 0.29) is 18.6 Å². The molecule has 1 atom stereocenters. The van der Waals surface area contributed by atoms with E-state index in [2.05, 4.69) is 29.0 Å². The van der Waals surface area contributed by atoms with E-state index >= 15 is 0 Å². The first-order valence-corrected chi connectivity index (χ1v) is 7.39. The van der Waals surface area contributed by atoms with Gasteiger partial charge in [-0.25, -0.2) is 0 Å². The second-order valence-corrected chi connectivity index (χ2v) is 5.75. The van der Waals surface area contributed by atoms with Crippen molar-refractivity contribution in [1.29, 1.82) is 0 Å². The molecule has 19 heavy (non-hydrogen) atoms. The summed E-state index contributed by atoms with van der Waals surface area (Å²) in [4.78, 5) is 16.5. The fourth-order valence-electron chi connectivity index (χ4n) is 2.31. The molecule has 0 aromatic rings. The molecule has 2 N–H and O–H groups in total. The number of rotatable bonds is 7. The molecule has 112 valence electrons. The van der Waals surface area contributed by atoms with Gasteiger partial charge >= 0.3 is 0 Å². The highest BCUT2D eigenvalue weighted by Gasteiger charge is 2.24. The molecule has 5 nitrogen and oxygen atoms in total. The Morgan fingerprint density at radius 1 is 1.21 bits per heavy atom. The lowest BCUT2D eigenvalue weighted by Gasteiger charge is -2.37. The van der Waals surface area contributed by atoms with E-state index < -0.39 is 0 Å². The van der Waals surface area contributed by atoms with Crippen molar-refractivity contribution < 1.29 is 9.90 Å². The third-order valence-electron chi connectivity index (χ3n) is 3.77. The smallest absolute Gasteiger partial charge is 0.237 e. The lowest BCUT2D eigenvalue weighted by Crippen LogP contribution is -2.54. The van der Waals surface area contributed by atoms with Crippen molar-refractivity contribution >= 4 is 5.91 Å². The van der Waals surface area contributed by atoms with Crippen LogP contribution in [0.3, 0.4) is 0 Å². The number of aliphatic hydroxyl groups is 1. The fourth-order valence-corrected chi connectivity index (χ4v) is 2.31. The molecule has 0 saturated carbocycles. The monoisotopic (exact) mass is 271 g/mol. The highest BCUT2D eigenvalue weighted by atomic mass is 16.3. The molecular weight excluding hydrogens is 242 g/mol. The lowest BCUT2D eigenvalue weighted by atomic mass is 10.1. The van der Waals surface area contributed by atoms with Gasteiger partial charge in [-0.3, -0.25) is 14.6 Å². The normalized spacial score (nSPS) is 19.6. The third-order valence-corrected chi connectivity index (χ3v) is 3.77. The van der Waals surface area contributed by atoms with Gasteiger partial charge in [0.15, 0.2) is 0 Å². The van der Waals surface area contributed by atoms with Crippen molar-refractivity contribution in [3.8, 4) is 0 Å². The van der Waals surface area contributed by atoms with Gasteiger partial charge in [0.1, 0.15) is 0 Å². The molecule has 1 saturated heterocycles. The summed E-state index contributed by atoms with van der Waals surface area (Å²) in [5.41, 5.74) is 0. The van der Waals surface area contributed by atoms with Crippen molar-refractivity contribution in [3.63, 3.8) is 0 Å². The molecule has 1 rings (SSSR count). The Balaban J connectivity index is 2.25. The minimum Gasteiger partial charge on any atom is -0.395 e. The van der Waals surface area contributed by atoms with Crippen LogP contribution in [0, 0.1) is 5.92 Å². The SMILES string of the molecule is CC(C)CCNC(=O)C(C)N1CCN(CCO)CC1. The largest absolute Gasteiger partial charge is 0.395 e. The van der Waals surface area contributed by atoms with E-state index in [0.717, 1.165) is 45.7 Å². The highest BCUT2D eigenvalue weighted by molar-refractivity contribution is 5.81. The first kappa shape index (κ1) is 16.4. The van der Waals surface area contributed by atoms with Gasteiger partial charge in [-0.1, -0.05) is 13.8 Å². The van der Waals surface area contributed by atoms with Gasteiger partial charge in [0.05, 0.1) is 12.6 Å². The maximum Gasteiger partial charge on any atom is 0.237 e. The molecule has 0 bridgehead atoms. The third kappa shape index (κ3) is 5.89. The molecule has 0 aromatic carbocycles. The Morgan fingerprint density at radius 3 is 2.37 bits per heavy atom. The first-order chi connectivity index (χ1) is 9.04. The van der Waals surface area contributed by atoms with Crippen LogP contribution in [0.4, 0.5) is 0 Å². The zero-order valence-corrected chi connectivity index (χ0v) is 12.6. The number of hydrogen-bond acceptors (Lipinski definition) is 4. The number of hydrogen-bond donors (Lipinski definition) is 2. The minimum absolute atomic E-state index is 0.0524. The first-order valence-electron chi connectivity index (χ1n) is 7.39. The molecule has 1 unspecified atom stereocenters. The van der Waals surface area contributed by atoms with Crippen molar-refractivity contribution in [2.24, 2.45) is 5.92 Å². The van der Waals surface area contributed by atoms with Crippen LogP contribution in [0.5, 0.6) is 0 Å². The van der Waals surface area contributed by atoms with Crippen molar-refractivity contribution in [2.75, 3.05) is 45.9 Å². The quantitative estimate of drug-likeness (QED) is 0.692. The molecule has 1 aliphatic rings. The van der Waals surface area contributed by atoms with Gasteiger partial charge in [-0.05, 0) is 19.3 Å². The predicted octanol–water partition coefficient (Wildman–Crippen LogP) is 0.147. The zero-order chi connectivity index (χ0) is 14.3. The van der Waals surface area contributed by atoms with Crippen LogP contribution in [-0.4, -0.2) is 72.7 Å². The Labute approximate surface area is 117 Å². The zero-order valence-electron chi connectivity index (χ0n) is 12.6. The van der Waals surface area contributed by atoms with E-state index in [1.165, 1.54) is 0 Å². The molecule has 1 amide bonds. The average molecular weight is 271 g/mol. The maximum absolute atomic E-state index is 12.0. The molecule has 0 spiro atoms. The van der Waals surface area contributed by atoms with Crippen LogP contribution in [0.2, 0.25) is 0 Å². The molecule has 1 fully saturated rings. The number of β-amino-alcohol motifs (C(OH)–C–C–N with tert-alkyl or cyclic N) is 1. The summed E-state index contributed by atoms with van der Waals surface area (Å²) in [6.07, 6.45) is 1.03. The molecule has 0 aromatic heterocycles. The number of amides is 1. The van der Waals surface area contributed by atoms with Crippen molar-refractivity contribution in [1.82, 2.24) is 15.1 Å². The second-order valence-electron chi connectivity index (χ2n) is 5.75. The van der Waals surface area contributed by atoms with E-state index in [0.29, 0.717) is 5.92 Å². The molecular formula is C14H29N3O2. The van der Waals surface area contributed by atoms with E-state index in [1.54, 1.807) is 0 Å².